The summed E-state index contributed by atoms with van der Waals surface area (Å²) in [6, 6.07) is 17.7. The second-order valence-electron chi connectivity index (χ2n) is 7.22. The Labute approximate surface area is 168 Å². The van der Waals surface area contributed by atoms with E-state index in [1.54, 1.807) is 11.6 Å². The van der Waals surface area contributed by atoms with E-state index >= 15 is 0 Å². The summed E-state index contributed by atoms with van der Waals surface area (Å²) >= 11 is 0. The molecule has 0 bridgehead atoms. The van der Waals surface area contributed by atoms with Gasteiger partial charge in [-0.15, -0.1) is 0 Å². The molecule has 0 atom stereocenters. The molecule has 2 heterocycles. The van der Waals surface area contributed by atoms with E-state index in [0.717, 1.165) is 33.7 Å². The van der Waals surface area contributed by atoms with Crippen LogP contribution >= 0.6 is 0 Å². The molecule has 2 aromatic carbocycles. The van der Waals surface area contributed by atoms with Crippen molar-refractivity contribution in [2.75, 3.05) is 5.32 Å². The number of anilines is 1. The van der Waals surface area contributed by atoms with E-state index in [2.05, 4.69) is 22.0 Å². The molecule has 6 nitrogen and oxygen atoms in total. The first-order valence-electron chi connectivity index (χ1n) is 9.42. The topological polar surface area (TPSA) is 68.9 Å². The molecule has 0 unspecified atom stereocenters. The highest BCUT2D eigenvalue weighted by molar-refractivity contribution is 5.92. The number of aromatic nitrogens is 3. The zero-order chi connectivity index (χ0) is 20.5. The Bertz CT molecular complexity index is 1240. The Kier molecular flexibility index (Phi) is 4.76. The second kappa shape index (κ2) is 7.39. The Balaban J connectivity index is 1.94. The second-order valence-corrected chi connectivity index (χ2v) is 7.22. The first-order chi connectivity index (χ1) is 13.9. The molecule has 1 N–H and O–H groups in total. The average Bonchev–Trinajstić information content (AvgIpc) is 3.04. The predicted octanol–water partition coefficient (Wildman–Crippen LogP) is 3.72. The number of amides is 1. The monoisotopic (exact) mass is 386 g/mol. The van der Waals surface area contributed by atoms with E-state index in [9.17, 15) is 9.59 Å². The van der Waals surface area contributed by atoms with E-state index in [1.165, 1.54) is 6.92 Å². The van der Waals surface area contributed by atoms with E-state index in [0.29, 0.717) is 12.1 Å². The molecular formula is C23H22N4O2. The van der Waals surface area contributed by atoms with Crippen molar-refractivity contribution in [3.05, 3.63) is 82.3 Å². The Hall–Kier alpha value is -3.67. The summed E-state index contributed by atoms with van der Waals surface area (Å²) in [5.74, 6) is 0.662. The van der Waals surface area contributed by atoms with Crippen LogP contribution < -0.4 is 10.9 Å². The van der Waals surface area contributed by atoms with Gasteiger partial charge in [-0.25, -0.2) is 4.98 Å². The van der Waals surface area contributed by atoms with Crippen LogP contribution in [0.25, 0.3) is 22.4 Å². The van der Waals surface area contributed by atoms with E-state index in [1.807, 2.05) is 55.6 Å². The summed E-state index contributed by atoms with van der Waals surface area (Å²) in [4.78, 5) is 28.5. The van der Waals surface area contributed by atoms with Crippen molar-refractivity contribution in [3.8, 4) is 11.4 Å². The lowest BCUT2D eigenvalue weighted by atomic mass is 10.2. The molecule has 6 heteroatoms. The number of nitrogens with one attached hydrogen (secondary N) is 1. The summed E-state index contributed by atoms with van der Waals surface area (Å²) in [6.07, 6.45) is 1.81. The van der Waals surface area contributed by atoms with Gasteiger partial charge in [0.2, 0.25) is 5.91 Å². The van der Waals surface area contributed by atoms with Crippen LogP contribution in [0.5, 0.6) is 0 Å². The van der Waals surface area contributed by atoms with Gasteiger partial charge in [0.05, 0.1) is 11.0 Å². The van der Waals surface area contributed by atoms with Gasteiger partial charge < -0.3 is 14.5 Å². The number of carbonyl (C=O) groups is 1. The highest BCUT2D eigenvalue weighted by Gasteiger charge is 2.15. The fourth-order valence-corrected chi connectivity index (χ4v) is 3.55. The van der Waals surface area contributed by atoms with Gasteiger partial charge in [0.1, 0.15) is 5.82 Å². The number of fused-ring (bicyclic) bond motifs is 1. The molecule has 4 rings (SSSR count). The molecule has 4 aromatic rings. The van der Waals surface area contributed by atoms with Crippen LogP contribution in [0.3, 0.4) is 0 Å². The third kappa shape index (κ3) is 3.69. The van der Waals surface area contributed by atoms with Crippen LogP contribution in [-0.2, 0) is 18.4 Å². The molecule has 0 fully saturated rings. The van der Waals surface area contributed by atoms with Crippen molar-refractivity contribution in [1.82, 2.24) is 14.1 Å². The Morgan fingerprint density at radius 2 is 1.86 bits per heavy atom. The number of pyridine rings is 1. The van der Waals surface area contributed by atoms with Crippen LogP contribution in [0.1, 0.15) is 18.1 Å². The minimum absolute atomic E-state index is 0.0209. The van der Waals surface area contributed by atoms with Crippen molar-refractivity contribution in [3.63, 3.8) is 0 Å². The van der Waals surface area contributed by atoms with Crippen LogP contribution in [0.15, 0.2) is 65.6 Å². The number of nitrogens with zero attached hydrogens (tertiary/aromatic N) is 3. The van der Waals surface area contributed by atoms with Gasteiger partial charge in [-0.1, -0.05) is 30.3 Å². The standard InChI is InChI=1S/C23H22N4O2/c1-15-11-18(14-26(3)23(15)29)22-25-20-10-9-19(24-16(2)28)12-21(20)27(22)13-17-7-5-4-6-8-17/h4-12,14H,13H2,1-3H3,(H,24,28). The zero-order valence-corrected chi connectivity index (χ0v) is 16.6. The predicted molar refractivity (Wildman–Crippen MR) is 115 cm³/mol. The average molecular weight is 386 g/mol. The summed E-state index contributed by atoms with van der Waals surface area (Å²) in [6.45, 7) is 3.92. The van der Waals surface area contributed by atoms with Crippen LogP contribution in [-0.4, -0.2) is 20.0 Å². The van der Waals surface area contributed by atoms with Crippen molar-refractivity contribution < 1.29 is 4.79 Å². The van der Waals surface area contributed by atoms with Gasteiger partial charge in [-0.2, -0.15) is 0 Å². The lowest BCUT2D eigenvalue weighted by Crippen LogP contribution is -2.18. The lowest BCUT2D eigenvalue weighted by molar-refractivity contribution is -0.114. The highest BCUT2D eigenvalue weighted by atomic mass is 16.1. The third-order valence-corrected chi connectivity index (χ3v) is 4.87. The maximum atomic E-state index is 12.1. The molecule has 0 aliphatic heterocycles. The molecule has 0 saturated heterocycles. The number of rotatable bonds is 4. The summed E-state index contributed by atoms with van der Waals surface area (Å²) in [7, 11) is 1.75. The maximum absolute atomic E-state index is 12.1. The molecule has 146 valence electrons. The number of aryl methyl sites for hydroxylation is 2. The van der Waals surface area contributed by atoms with Crippen LogP contribution in [0.2, 0.25) is 0 Å². The summed E-state index contributed by atoms with van der Waals surface area (Å²) in [5, 5.41) is 2.84. The number of carbonyl (C=O) groups excluding carboxylic acids is 1. The summed E-state index contributed by atoms with van der Waals surface area (Å²) < 4.78 is 3.70. The molecule has 2 aromatic heterocycles. The van der Waals surface area contributed by atoms with E-state index in [4.69, 9.17) is 4.98 Å². The SMILES string of the molecule is CC(=O)Nc1ccc2nc(-c3cc(C)c(=O)n(C)c3)n(Cc3ccccc3)c2c1. The number of hydrogen-bond acceptors (Lipinski definition) is 3. The Morgan fingerprint density at radius 3 is 2.55 bits per heavy atom. The van der Waals surface area contributed by atoms with Crippen molar-refractivity contribution in [2.45, 2.75) is 20.4 Å². The third-order valence-electron chi connectivity index (χ3n) is 4.87. The largest absolute Gasteiger partial charge is 0.326 e. The van der Waals surface area contributed by atoms with Gasteiger partial charge in [0, 0.05) is 43.5 Å². The fraction of sp³-hybridized carbons (Fsp3) is 0.174. The van der Waals surface area contributed by atoms with E-state index < -0.39 is 0 Å². The number of imidazole rings is 1. The molecule has 29 heavy (non-hydrogen) atoms. The Morgan fingerprint density at radius 1 is 1.10 bits per heavy atom. The van der Waals surface area contributed by atoms with Gasteiger partial charge in [0.25, 0.3) is 5.56 Å². The molecule has 0 aliphatic rings. The highest BCUT2D eigenvalue weighted by Crippen LogP contribution is 2.28. The van der Waals surface area contributed by atoms with E-state index in [-0.39, 0.29) is 11.5 Å². The number of hydrogen-bond donors (Lipinski definition) is 1. The van der Waals surface area contributed by atoms with Crippen LogP contribution in [0.4, 0.5) is 5.69 Å². The normalized spacial score (nSPS) is 11.0. The zero-order valence-electron chi connectivity index (χ0n) is 16.6. The molecule has 1 amide bonds. The molecule has 0 saturated carbocycles. The molecule has 0 radical (unpaired) electrons. The van der Waals surface area contributed by atoms with Crippen molar-refractivity contribution in [1.29, 1.82) is 0 Å². The van der Waals surface area contributed by atoms with Gasteiger partial charge in [0.15, 0.2) is 0 Å². The van der Waals surface area contributed by atoms with Crippen LogP contribution in [0, 0.1) is 6.92 Å². The molecule has 0 spiro atoms. The molecule has 0 aliphatic carbocycles. The van der Waals surface area contributed by atoms with Gasteiger partial charge >= 0.3 is 0 Å². The minimum Gasteiger partial charge on any atom is -0.326 e. The fourth-order valence-electron chi connectivity index (χ4n) is 3.55. The molecular weight excluding hydrogens is 364 g/mol. The van der Waals surface area contributed by atoms with Gasteiger partial charge in [-0.05, 0) is 36.8 Å². The first-order valence-corrected chi connectivity index (χ1v) is 9.42. The van der Waals surface area contributed by atoms with Crippen molar-refractivity contribution >= 4 is 22.6 Å². The maximum Gasteiger partial charge on any atom is 0.253 e. The number of benzene rings is 2. The minimum atomic E-state index is -0.118. The summed E-state index contributed by atoms with van der Waals surface area (Å²) in [5.41, 5.74) is 5.13. The first kappa shape index (κ1) is 18.7. The smallest absolute Gasteiger partial charge is 0.253 e. The van der Waals surface area contributed by atoms with Crippen molar-refractivity contribution in [2.24, 2.45) is 7.05 Å². The lowest BCUT2D eigenvalue weighted by Gasteiger charge is -2.12. The van der Waals surface area contributed by atoms with Gasteiger partial charge in [-0.3, -0.25) is 9.59 Å². The quantitative estimate of drug-likeness (QED) is 0.581.